The summed E-state index contributed by atoms with van der Waals surface area (Å²) in [5.74, 6) is -1.45. The highest BCUT2D eigenvalue weighted by molar-refractivity contribution is 6.10. The number of urea groups is 1. The Hall–Kier alpha value is -4.41. The first kappa shape index (κ1) is 31.1. The van der Waals surface area contributed by atoms with Crippen LogP contribution in [-0.4, -0.2) is 66.8 Å². The Morgan fingerprint density at radius 3 is 2.46 bits per heavy atom. The van der Waals surface area contributed by atoms with E-state index in [1.165, 1.54) is 19.1 Å². The first-order valence-corrected chi connectivity index (χ1v) is 12.6. The number of rotatable bonds is 8. The Morgan fingerprint density at radius 2 is 1.90 bits per heavy atom. The molecule has 2 aromatic carbocycles. The Labute approximate surface area is 235 Å². The zero-order valence-corrected chi connectivity index (χ0v) is 23.1. The van der Waals surface area contributed by atoms with Gasteiger partial charge in [0, 0.05) is 30.0 Å². The Kier molecular flexibility index (Phi) is 9.10. The highest BCUT2D eigenvalue weighted by Crippen LogP contribution is 2.42. The number of amides is 2. The van der Waals surface area contributed by atoms with Crippen molar-refractivity contribution in [1.82, 2.24) is 4.90 Å². The van der Waals surface area contributed by atoms with Gasteiger partial charge in [0.2, 0.25) is 5.96 Å². The Balaban J connectivity index is 2.33. The lowest BCUT2D eigenvalue weighted by molar-refractivity contribution is -0.903. The van der Waals surface area contributed by atoms with Gasteiger partial charge >= 0.3 is 18.2 Å². The summed E-state index contributed by atoms with van der Waals surface area (Å²) in [5, 5.41) is 27.8. The average Bonchev–Trinajstić information content (AvgIpc) is 2.90. The first-order chi connectivity index (χ1) is 19.2. The van der Waals surface area contributed by atoms with E-state index in [9.17, 15) is 33.1 Å². The summed E-state index contributed by atoms with van der Waals surface area (Å²) in [5.41, 5.74) is 5.86. The van der Waals surface area contributed by atoms with Crippen molar-refractivity contribution in [3.05, 3.63) is 76.0 Å². The van der Waals surface area contributed by atoms with E-state index in [2.05, 4.69) is 6.07 Å². The number of guanidine groups is 1. The lowest BCUT2D eigenvalue weighted by atomic mass is 9.88. The number of aliphatic hydroxyl groups is 1. The molecule has 1 atom stereocenters. The fraction of sp³-hybridized carbons (Fsp3) is 0.357. The van der Waals surface area contributed by atoms with Crippen molar-refractivity contribution in [2.75, 3.05) is 39.3 Å². The number of aliphatic hydroxyl groups excluding tert-OH is 1. The summed E-state index contributed by atoms with van der Waals surface area (Å²) < 4.78 is 46.0. The van der Waals surface area contributed by atoms with Crippen molar-refractivity contribution >= 4 is 23.6 Å². The van der Waals surface area contributed by atoms with Crippen LogP contribution in [0.3, 0.4) is 0 Å². The maximum absolute atomic E-state index is 13.5. The highest BCUT2D eigenvalue weighted by Gasteiger charge is 2.45. The third-order valence-corrected chi connectivity index (χ3v) is 6.86. The number of primary amides is 1. The minimum Gasteiger partial charge on any atom is -0.466 e. The van der Waals surface area contributed by atoms with Crippen molar-refractivity contribution in [3.8, 4) is 6.07 Å². The van der Waals surface area contributed by atoms with Gasteiger partial charge in [-0.2, -0.15) is 18.4 Å². The van der Waals surface area contributed by atoms with Crippen molar-refractivity contribution in [1.29, 1.82) is 10.7 Å². The molecule has 1 aliphatic rings. The molecule has 2 amide bonds. The molecule has 0 spiro atoms. The molecule has 0 saturated carbocycles. The second kappa shape index (κ2) is 12.0. The summed E-state index contributed by atoms with van der Waals surface area (Å²) in [7, 11) is 4.94. The maximum atomic E-state index is 13.5. The van der Waals surface area contributed by atoms with E-state index in [1.54, 1.807) is 12.1 Å². The van der Waals surface area contributed by atoms with E-state index in [0.717, 1.165) is 35.1 Å². The number of nitrogens with two attached hydrogens (primary N) is 1. The molecule has 1 unspecified atom stereocenters. The largest absolute Gasteiger partial charge is 0.466 e. The van der Waals surface area contributed by atoms with Crippen LogP contribution in [0, 0.1) is 16.7 Å². The molecule has 0 aliphatic carbocycles. The monoisotopic (exact) mass is 573 g/mol. The van der Waals surface area contributed by atoms with Crippen molar-refractivity contribution in [2.45, 2.75) is 32.1 Å². The van der Waals surface area contributed by atoms with Crippen LogP contribution in [0.25, 0.3) is 0 Å². The molecule has 4 N–H and O–H groups in total. The highest BCUT2D eigenvalue weighted by atomic mass is 19.4. The number of hydrogen-bond acceptors (Lipinski definition) is 6. The molecular formula is C28H32F3N6O4+. The number of nitrogens with zero attached hydrogens (tertiary/aromatic N) is 4. The molecular weight excluding hydrogens is 541 g/mol. The van der Waals surface area contributed by atoms with E-state index in [1.807, 2.05) is 14.1 Å². The molecule has 1 heterocycles. The summed E-state index contributed by atoms with van der Waals surface area (Å²) in [6.45, 7) is 2.29. The van der Waals surface area contributed by atoms with Gasteiger partial charge in [-0.3, -0.25) is 15.2 Å². The van der Waals surface area contributed by atoms with Gasteiger partial charge in [0.15, 0.2) is 0 Å². The molecule has 0 fully saturated rings. The van der Waals surface area contributed by atoms with Crippen LogP contribution in [0.1, 0.15) is 41.6 Å². The standard InChI is InChI=1S/C28H31F3N6O4/c1-17-23(25(39)41-4)24(22-10-9-18(15-32)13-19(22)16-37(2,3)11-6-12-38)36(27(34)40)26(33)35(17)21-8-5-7-20(14-21)28(29,30)31/h5,7-10,13-14,24,33,38H,6,11-12,16H2,1-4H3,(H-,34,40)/p+1. The second-order valence-electron chi connectivity index (χ2n) is 10.2. The Bertz CT molecular complexity index is 1430. The maximum Gasteiger partial charge on any atom is 0.416 e. The van der Waals surface area contributed by atoms with Crippen LogP contribution in [0.15, 0.2) is 53.7 Å². The lowest BCUT2D eigenvalue weighted by Crippen LogP contribution is -2.55. The average molecular weight is 574 g/mol. The van der Waals surface area contributed by atoms with Gasteiger partial charge in [-0.05, 0) is 42.8 Å². The predicted octanol–water partition coefficient (Wildman–Crippen LogP) is 3.86. The fourth-order valence-electron chi connectivity index (χ4n) is 4.99. The van der Waals surface area contributed by atoms with Gasteiger partial charge in [0.25, 0.3) is 0 Å². The number of ether oxygens (including phenoxy) is 1. The third kappa shape index (κ3) is 6.50. The molecule has 218 valence electrons. The predicted molar refractivity (Wildman–Crippen MR) is 144 cm³/mol. The number of hydrogen-bond donors (Lipinski definition) is 3. The van der Waals surface area contributed by atoms with Gasteiger partial charge < -0.3 is 20.1 Å². The van der Waals surface area contributed by atoms with Crippen LogP contribution in [0.4, 0.5) is 23.7 Å². The molecule has 41 heavy (non-hydrogen) atoms. The molecule has 0 radical (unpaired) electrons. The van der Waals surface area contributed by atoms with Crippen LogP contribution >= 0.6 is 0 Å². The van der Waals surface area contributed by atoms with Gasteiger partial charge in [-0.25, -0.2) is 9.59 Å². The van der Waals surface area contributed by atoms with E-state index >= 15 is 0 Å². The number of benzene rings is 2. The molecule has 13 heteroatoms. The van der Waals surface area contributed by atoms with Crippen LogP contribution in [0.5, 0.6) is 0 Å². The van der Waals surface area contributed by atoms with Crippen molar-refractivity contribution < 1.29 is 37.1 Å². The minimum atomic E-state index is -4.68. The second-order valence-corrected chi connectivity index (χ2v) is 10.2. The lowest BCUT2D eigenvalue weighted by Gasteiger charge is -2.43. The molecule has 1 aliphatic heterocycles. The van der Waals surface area contributed by atoms with Gasteiger partial charge in [0.05, 0.1) is 50.5 Å². The summed E-state index contributed by atoms with van der Waals surface area (Å²) in [6, 6.07) is 8.47. The van der Waals surface area contributed by atoms with Crippen LogP contribution < -0.4 is 10.6 Å². The van der Waals surface area contributed by atoms with E-state index in [4.69, 9.17) is 15.9 Å². The minimum absolute atomic E-state index is 0.0260. The van der Waals surface area contributed by atoms with Gasteiger partial charge in [0.1, 0.15) is 12.6 Å². The number of anilines is 1. The molecule has 3 rings (SSSR count). The number of halogens is 3. The van der Waals surface area contributed by atoms with Crippen LogP contribution in [-0.2, 0) is 22.3 Å². The van der Waals surface area contributed by atoms with Crippen molar-refractivity contribution in [3.63, 3.8) is 0 Å². The van der Waals surface area contributed by atoms with Gasteiger partial charge in [-0.1, -0.05) is 12.1 Å². The zero-order valence-electron chi connectivity index (χ0n) is 23.1. The number of nitriles is 1. The van der Waals surface area contributed by atoms with Crippen LogP contribution in [0.2, 0.25) is 0 Å². The first-order valence-electron chi connectivity index (χ1n) is 12.6. The number of allylic oxidation sites excluding steroid dienone is 1. The fourth-order valence-corrected chi connectivity index (χ4v) is 4.99. The van der Waals surface area contributed by atoms with Crippen molar-refractivity contribution in [2.24, 2.45) is 5.73 Å². The third-order valence-electron chi connectivity index (χ3n) is 6.86. The van der Waals surface area contributed by atoms with E-state index < -0.39 is 35.7 Å². The number of carbonyl (C=O) groups is 2. The smallest absolute Gasteiger partial charge is 0.416 e. The van der Waals surface area contributed by atoms with Gasteiger partial charge in [-0.15, -0.1) is 0 Å². The summed E-state index contributed by atoms with van der Waals surface area (Å²) in [4.78, 5) is 28.1. The number of methoxy groups -OCH3 is 1. The molecule has 0 aromatic heterocycles. The topological polar surface area (TPSA) is 144 Å². The number of esters is 1. The molecule has 0 bridgehead atoms. The van der Waals surface area contributed by atoms with E-state index in [0.29, 0.717) is 40.7 Å². The molecule has 10 nitrogen and oxygen atoms in total. The number of quaternary nitrogens is 1. The molecule has 2 aromatic rings. The number of nitrogens with one attached hydrogen (secondary N) is 1. The SMILES string of the molecule is COC(=O)C1=C(C)N(c2cccc(C(F)(F)F)c2)C(=N)N(C(N)=O)C1c1ccc(C#N)cc1C[N+](C)(C)CCCO. The normalized spacial score (nSPS) is 16.1. The number of carbonyl (C=O) groups excluding carboxylic acids is 2. The number of alkyl halides is 3. The summed E-state index contributed by atoms with van der Waals surface area (Å²) >= 11 is 0. The quantitative estimate of drug-likeness (QED) is 0.323. The zero-order chi connectivity index (χ0) is 30.7. The molecule has 0 saturated heterocycles. The Morgan fingerprint density at radius 1 is 1.22 bits per heavy atom. The summed E-state index contributed by atoms with van der Waals surface area (Å²) in [6.07, 6.45) is -4.18. The van der Waals surface area contributed by atoms with E-state index in [-0.39, 0.29) is 23.6 Å².